The summed E-state index contributed by atoms with van der Waals surface area (Å²) >= 11 is 0. The van der Waals surface area contributed by atoms with E-state index in [1.165, 1.54) is 0 Å². The third-order valence-electron chi connectivity index (χ3n) is 4.66. The molecule has 1 aliphatic heterocycles. The van der Waals surface area contributed by atoms with Gasteiger partial charge in [0.2, 0.25) is 0 Å². The number of hydrogen-bond donors (Lipinski definition) is 2. The summed E-state index contributed by atoms with van der Waals surface area (Å²) in [6.07, 6.45) is 2.86. The summed E-state index contributed by atoms with van der Waals surface area (Å²) in [6.45, 7) is 3.79. The lowest BCUT2D eigenvalue weighted by molar-refractivity contribution is 0.0995. The van der Waals surface area contributed by atoms with Gasteiger partial charge in [0.15, 0.2) is 11.5 Å². The number of carbonyl (C=O) groups excluding carboxylic acids is 1. The van der Waals surface area contributed by atoms with Crippen molar-refractivity contribution in [1.82, 2.24) is 30.0 Å². The number of rotatable bonds is 4. The number of nitrogens with zero attached hydrogens (tertiary/aromatic N) is 6. The Hall–Kier alpha value is -2.97. The molecule has 1 unspecified atom stereocenters. The highest BCUT2D eigenvalue weighted by Gasteiger charge is 2.25. The van der Waals surface area contributed by atoms with Gasteiger partial charge in [0.1, 0.15) is 11.5 Å². The Balaban J connectivity index is 1.59. The fraction of sp³-hybridized carbons (Fsp3) is 0.438. The minimum Gasteiger partial charge on any atom is -0.364 e. The van der Waals surface area contributed by atoms with Crippen LogP contribution < -0.4 is 10.6 Å². The summed E-state index contributed by atoms with van der Waals surface area (Å²) in [7, 11) is 0. The van der Waals surface area contributed by atoms with Gasteiger partial charge in [-0.15, -0.1) is 15.3 Å². The first-order valence-electron chi connectivity index (χ1n) is 8.47. The Morgan fingerprint density at radius 2 is 2.28 bits per heavy atom. The normalized spacial score (nSPS) is 18.0. The average Bonchev–Trinajstić information content (AvgIpc) is 3.28. The van der Waals surface area contributed by atoms with Gasteiger partial charge >= 0.3 is 0 Å². The van der Waals surface area contributed by atoms with Crippen molar-refractivity contribution in [3.05, 3.63) is 35.4 Å². The SMILES string of the molecule is CCc1nnc2ccc(N3CCCC(c4cc(C(N)=O)n[nH]4)C3)nn12. The van der Waals surface area contributed by atoms with Crippen LogP contribution in [-0.2, 0) is 6.42 Å². The second kappa shape index (κ2) is 6.15. The zero-order valence-corrected chi connectivity index (χ0v) is 14.0. The number of aryl methyl sites for hydroxylation is 1. The van der Waals surface area contributed by atoms with Gasteiger partial charge in [-0.2, -0.15) is 9.61 Å². The van der Waals surface area contributed by atoms with Crippen molar-refractivity contribution >= 4 is 17.4 Å². The Bertz CT molecular complexity index is 914. The molecule has 4 heterocycles. The topological polar surface area (TPSA) is 118 Å². The molecule has 9 nitrogen and oxygen atoms in total. The van der Waals surface area contributed by atoms with Gasteiger partial charge in [-0.1, -0.05) is 6.92 Å². The Morgan fingerprint density at radius 1 is 1.40 bits per heavy atom. The van der Waals surface area contributed by atoms with Crippen molar-refractivity contribution in [2.75, 3.05) is 18.0 Å². The summed E-state index contributed by atoms with van der Waals surface area (Å²) in [5.74, 6) is 1.51. The molecule has 0 aromatic carbocycles. The Labute approximate surface area is 144 Å². The maximum absolute atomic E-state index is 11.2. The van der Waals surface area contributed by atoms with Crippen molar-refractivity contribution in [2.24, 2.45) is 5.73 Å². The van der Waals surface area contributed by atoms with Crippen LogP contribution in [0.2, 0.25) is 0 Å². The molecule has 1 atom stereocenters. The number of nitrogens with two attached hydrogens (primary N) is 1. The molecule has 130 valence electrons. The fourth-order valence-electron chi connectivity index (χ4n) is 3.32. The van der Waals surface area contributed by atoms with Gasteiger partial charge in [-0.25, -0.2) is 0 Å². The van der Waals surface area contributed by atoms with Crippen LogP contribution >= 0.6 is 0 Å². The number of hydrogen-bond acceptors (Lipinski definition) is 6. The summed E-state index contributed by atoms with van der Waals surface area (Å²) in [5.41, 5.74) is 7.27. The summed E-state index contributed by atoms with van der Waals surface area (Å²) in [5, 5.41) is 19.9. The van der Waals surface area contributed by atoms with Gasteiger partial charge in [-0.3, -0.25) is 9.89 Å². The smallest absolute Gasteiger partial charge is 0.269 e. The van der Waals surface area contributed by atoms with Crippen LogP contribution in [0.1, 0.15) is 47.7 Å². The number of aromatic nitrogens is 6. The molecule has 0 radical (unpaired) electrons. The van der Waals surface area contributed by atoms with E-state index in [2.05, 4.69) is 25.3 Å². The van der Waals surface area contributed by atoms with Crippen LogP contribution in [0.4, 0.5) is 5.82 Å². The van der Waals surface area contributed by atoms with E-state index in [9.17, 15) is 4.79 Å². The fourth-order valence-corrected chi connectivity index (χ4v) is 3.32. The molecule has 3 aromatic rings. The number of nitrogens with one attached hydrogen (secondary N) is 1. The number of anilines is 1. The Kier molecular flexibility index (Phi) is 3.83. The zero-order valence-electron chi connectivity index (χ0n) is 14.0. The molecule has 0 spiro atoms. The number of H-pyrrole nitrogens is 1. The maximum atomic E-state index is 11.2. The summed E-state index contributed by atoms with van der Waals surface area (Å²) in [4.78, 5) is 13.5. The zero-order chi connectivity index (χ0) is 17.4. The first kappa shape index (κ1) is 15.6. The summed E-state index contributed by atoms with van der Waals surface area (Å²) < 4.78 is 1.81. The van der Waals surface area contributed by atoms with Crippen LogP contribution in [0.15, 0.2) is 18.2 Å². The van der Waals surface area contributed by atoms with Crippen molar-refractivity contribution in [2.45, 2.75) is 32.1 Å². The second-order valence-corrected chi connectivity index (χ2v) is 6.29. The quantitative estimate of drug-likeness (QED) is 0.728. The molecule has 3 aromatic heterocycles. The third-order valence-corrected chi connectivity index (χ3v) is 4.66. The van der Waals surface area contributed by atoms with E-state index >= 15 is 0 Å². The van der Waals surface area contributed by atoms with E-state index < -0.39 is 5.91 Å². The van der Waals surface area contributed by atoms with Gasteiger partial charge in [0.05, 0.1) is 0 Å². The van der Waals surface area contributed by atoms with Crippen molar-refractivity contribution < 1.29 is 4.79 Å². The lowest BCUT2D eigenvalue weighted by Gasteiger charge is -2.32. The van der Waals surface area contributed by atoms with Crippen LogP contribution in [0.3, 0.4) is 0 Å². The van der Waals surface area contributed by atoms with E-state index in [0.717, 1.165) is 55.3 Å². The first-order chi connectivity index (χ1) is 12.2. The predicted octanol–water partition coefficient (Wildman–Crippen LogP) is 0.893. The van der Waals surface area contributed by atoms with Gasteiger partial charge < -0.3 is 10.6 Å². The average molecular weight is 340 g/mol. The number of fused-ring (bicyclic) bond motifs is 1. The molecule has 1 aliphatic rings. The molecule has 0 aliphatic carbocycles. The lowest BCUT2D eigenvalue weighted by atomic mass is 9.94. The van der Waals surface area contributed by atoms with Gasteiger partial charge in [-0.05, 0) is 31.0 Å². The van der Waals surface area contributed by atoms with Crippen LogP contribution in [0, 0.1) is 0 Å². The first-order valence-corrected chi connectivity index (χ1v) is 8.47. The van der Waals surface area contributed by atoms with Crippen LogP contribution in [0.5, 0.6) is 0 Å². The van der Waals surface area contributed by atoms with Crippen molar-refractivity contribution in [1.29, 1.82) is 0 Å². The molecule has 25 heavy (non-hydrogen) atoms. The minimum absolute atomic E-state index is 0.262. The number of aromatic amines is 1. The van der Waals surface area contributed by atoms with Gasteiger partial charge in [0, 0.05) is 31.1 Å². The highest BCUT2D eigenvalue weighted by atomic mass is 16.1. The molecular weight excluding hydrogens is 320 g/mol. The highest BCUT2D eigenvalue weighted by Crippen LogP contribution is 2.28. The molecule has 0 bridgehead atoms. The van der Waals surface area contributed by atoms with E-state index in [1.54, 1.807) is 10.6 Å². The molecule has 3 N–H and O–H groups in total. The van der Waals surface area contributed by atoms with Crippen molar-refractivity contribution in [3.8, 4) is 0 Å². The van der Waals surface area contributed by atoms with E-state index in [4.69, 9.17) is 10.8 Å². The number of primary amides is 1. The van der Waals surface area contributed by atoms with Crippen molar-refractivity contribution in [3.63, 3.8) is 0 Å². The minimum atomic E-state index is -0.512. The molecule has 0 saturated carbocycles. The van der Waals surface area contributed by atoms with E-state index in [1.807, 2.05) is 19.1 Å². The molecule has 1 fully saturated rings. The third kappa shape index (κ3) is 2.81. The number of carbonyl (C=O) groups is 1. The lowest BCUT2D eigenvalue weighted by Crippen LogP contribution is -2.35. The Morgan fingerprint density at radius 3 is 3.04 bits per heavy atom. The largest absolute Gasteiger partial charge is 0.364 e. The molecule has 9 heteroatoms. The van der Waals surface area contributed by atoms with Crippen LogP contribution in [-0.4, -0.2) is 49.0 Å². The standard InChI is InChI=1S/C16H20N8O/c1-2-13-20-21-14-5-6-15(22-24(13)14)23-7-3-4-10(9-23)11-8-12(16(17)25)19-18-11/h5-6,8,10H,2-4,7,9H2,1H3,(H2,17,25)(H,18,19). The van der Waals surface area contributed by atoms with E-state index in [-0.39, 0.29) is 11.6 Å². The molecular formula is C16H20N8O. The van der Waals surface area contributed by atoms with E-state index in [0.29, 0.717) is 0 Å². The van der Waals surface area contributed by atoms with Crippen LogP contribution in [0.25, 0.3) is 5.65 Å². The molecule has 4 rings (SSSR count). The molecule has 1 amide bonds. The highest BCUT2D eigenvalue weighted by molar-refractivity contribution is 5.90. The summed E-state index contributed by atoms with van der Waals surface area (Å²) in [6, 6.07) is 5.68. The number of amides is 1. The maximum Gasteiger partial charge on any atom is 0.269 e. The molecule has 1 saturated heterocycles. The van der Waals surface area contributed by atoms with Gasteiger partial charge in [0.25, 0.3) is 5.91 Å². The second-order valence-electron chi connectivity index (χ2n) is 6.29. The monoisotopic (exact) mass is 340 g/mol. The predicted molar refractivity (Wildman–Crippen MR) is 91.5 cm³/mol. The number of piperidine rings is 1.